The number of likely N-dealkylation sites (tertiary alicyclic amines) is 1. The number of amides is 3. The Kier molecular flexibility index (Phi) is 5.42. The van der Waals surface area contributed by atoms with E-state index in [0.29, 0.717) is 12.6 Å². The lowest BCUT2D eigenvalue weighted by Gasteiger charge is -2.34. The molecule has 2 aliphatic heterocycles. The number of benzene rings is 1. The van der Waals surface area contributed by atoms with Crippen LogP contribution in [0.3, 0.4) is 0 Å². The Morgan fingerprint density at radius 3 is 2.59 bits per heavy atom. The molecule has 1 aromatic carbocycles. The second-order valence-corrected chi connectivity index (χ2v) is 8.65. The minimum absolute atomic E-state index is 0.0577. The van der Waals surface area contributed by atoms with Crippen molar-refractivity contribution in [1.29, 1.82) is 0 Å². The van der Waals surface area contributed by atoms with Crippen LogP contribution >= 0.6 is 0 Å². The summed E-state index contributed by atoms with van der Waals surface area (Å²) >= 11 is 0. The van der Waals surface area contributed by atoms with E-state index in [9.17, 15) is 9.59 Å². The van der Waals surface area contributed by atoms with E-state index in [4.69, 9.17) is 9.47 Å². The summed E-state index contributed by atoms with van der Waals surface area (Å²) in [5, 5.41) is 3.03. The predicted octanol–water partition coefficient (Wildman–Crippen LogP) is 3.30. The topological polar surface area (TPSA) is 71.1 Å². The largest absolute Gasteiger partial charge is 0.497 e. The first-order valence-corrected chi connectivity index (χ1v) is 10.6. The Hall–Kier alpha value is -2.28. The molecule has 7 nitrogen and oxygen atoms in total. The molecule has 0 unspecified atom stereocenters. The van der Waals surface area contributed by atoms with Gasteiger partial charge in [0.15, 0.2) is 0 Å². The minimum atomic E-state index is -0.688. The number of ether oxygens (including phenoxy) is 2. The second-order valence-electron chi connectivity index (χ2n) is 8.65. The average molecular weight is 402 g/mol. The van der Waals surface area contributed by atoms with Crippen LogP contribution in [0.1, 0.15) is 57.1 Å². The van der Waals surface area contributed by atoms with E-state index in [1.165, 1.54) is 4.90 Å². The maximum Gasteiger partial charge on any atom is 0.326 e. The van der Waals surface area contributed by atoms with Crippen LogP contribution in [0, 0.1) is 5.92 Å². The van der Waals surface area contributed by atoms with Crippen LogP contribution in [0.25, 0.3) is 0 Å². The monoisotopic (exact) mass is 401 g/mol. The first-order chi connectivity index (χ1) is 14.0. The van der Waals surface area contributed by atoms with Gasteiger partial charge in [-0.2, -0.15) is 0 Å². The van der Waals surface area contributed by atoms with Crippen molar-refractivity contribution in [2.45, 2.75) is 57.0 Å². The zero-order valence-corrected chi connectivity index (χ0v) is 17.6. The smallest absolute Gasteiger partial charge is 0.326 e. The van der Waals surface area contributed by atoms with E-state index in [2.05, 4.69) is 17.1 Å². The van der Waals surface area contributed by atoms with Crippen molar-refractivity contribution in [1.82, 2.24) is 15.1 Å². The number of carbonyl (C=O) groups excluding carboxylic acids is 2. The first-order valence-electron chi connectivity index (χ1n) is 10.6. The fourth-order valence-corrected chi connectivity index (χ4v) is 5.03. The highest BCUT2D eigenvalue weighted by Gasteiger charge is 2.52. The van der Waals surface area contributed by atoms with Crippen LogP contribution < -0.4 is 14.8 Å². The van der Waals surface area contributed by atoms with E-state index < -0.39 is 5.54 Å². The number of rotatable bonds is 5. The van der Waals surface area contributed by atoms with Crippen LogP contribution in [-0.4, -0.2) is 54.7 Å². The Labute approximate surface area is 172 Å². The van der Waals surface area contributed by atoms with Gasteiger partial charge in [0, 0.05) is 18.2 Å². The molecular formula is C22H31N3O4. The molecule has 1 aromatic rings. The zero-order chi connectivity index (χ0) is 20.6. The van der Waals surface area contributed by atoms with Gasteiger partial charge in [0.05, 0.1) is 20.9 Å². The van der Waals surface area contributed by atoms with Crippen LogP contribution in [-0.2, 0) is 4.79 Å². The molecule has 3 fully saturated rings. The van der Waals surface area contributed by atoms with Crippen molar-refractivity contribution >= 4 is 11.9 Å². The number of methoxy groups -OCH3 is 2. The van der Waals surface area contributed by atoms with Crippen molar-refractivity contribution in [3.8, 4) is 11.5 Å². The molecule has 1 aliphatic carbocycles. The summed E-state index contributed by atoms with van der Waals surface area (Å²) in [5.74, 6) is 2.14. The van der Waals surface area contributed by atoms with E-state index in [1.54, 1.807) is 14.2 Å². The minimum Gasteiger partial charge on any atom is -0.497 e. The Morgan fingerprint density at radius 1 is 1.14 bits per heavy atom. The SMILES string of the molecule is COc1ccc(OC)c([C@@H]2CCCN2CN2C(=O)NC3(CCC(C)CC3)C2=O)c1. The molecule has 3 amide bonds. The van der Waals surface area contributed by atoms with Crippen LogP contribution in [0.2, 0.25) is 0 Å². The van der Waals surface area contributed by atoms with Gasteiger partial charge in [0.25, 0.3) is 5.91 Å². The number of hydrogen-bond donors (Lipinski definition) is 1. The summed E-state index contributed by atoms with van der Waals surface area (Å²) in [6, 6.07) is 5.62. The molecule has 7 heteroatoms. The Balaban J connectivity index is 1.53. The summed E-state index contributed by atoms with van der Waals surface area (Å²) in [5.41, 5.74) is 0.351. The maximum absolute atomic E-state index is 13.2. The number of urea groups is 1. The van der Waals surface area contributed by atoms with Gasteiger partial charge in [-0.3, -0.25) is 9.69 Å². The van der Waals surface area contributed by atoms with Crippen molar-refractivity contribution in [3.05, 3.63) is 23.8 Å². The van der Waals surface area contributed by atoms with Gasteiger partial charge in [-0.15, -0.1) is 0 Å². The van der Waals surface area contributed by atoms with Crippen LogP contribution in [0.4, 0.5) is 4.79 Å². The normalized spacial score (nSPS) is 30.1. The van der Waals surface area contributed by atoms with E-state index in [-0.39, 0.29) is 18.0 Å². The molecular weight excluding hydrogens is 370 g/mol. The van der Waals surface area contributed by atoms with Gasteiger partial charge in [0.2, 0.25) is 0 Å². The van der Waals surface area contributed by atoms with E-state index in [1.807, 2.05) is 18.2 Å². The van der Waals surface area contributed by atoms with E-state index in [0.717, 1.165) is 62.1 Å². The quantitative estimate of drug-likeness (QED) is 0.767. The average Bonchev–Trinajstić information content (AvgIpc) is 3.28. The lowest BCUT2D eigenvalue weighted by atomic mass is 9.77. The molecule has 1 N–H and O–H groups in total. The van der Waals surface area contributed by atoms with Crippen molar-refractivity contribution in [2.75, 3.05) is 27.4 Å². The summed E-state index contributed by atoms with van der Waals surface area (Å²) < 4.78 is 11.0. The molecule has 158 valence electrons. The van der Waals surface area contributed by atoms with Gasteiger partial charge in [-0.1, -0.05) is 6.92 Å². The van der Waals surface area contributed by atoms with Crippen LogP contribution in [0.5, 0.6) is 11.5 Å². The summed E-state index contributed by atoms with van der Waals surface area (Å²) in [4.78, 5) is 29.6. The highest BCUT2D eigenvalue weighted by atomic mass is 16.5. The molecule has 4 rings (SSSR count). The number of nitrogens with one attached hydrogen (secondary N) is 1. The molecule has 1 saturated carbocycles. The van der Waals surface area contributed by atoms with Gasteiger partial charge >= 0.3 is 6.03 Å². The maximum atomic E-state index is 13.2. The fourth-order valence-electron chi connectivity index (χ4n) is 5.03. The predicted molar refractivity (Wildman–Crippen MR) is 109 cm³/mol. The molecule has 2 saturated heterocycles. The third-order valence-electron chi connectivity index (χ3n) is 6.86. The van der Waals surface area contributed by atoms with Gasteiger partial charge in [-0.25, -0.2) is 9.69 Å². The molecule has 0 bridgehead atoms. The van der Waals surface area contributed by atoms with Crippen LogP contribution in [0.15, 0.2) is 18.2 Å². The lowest BCUT2D eigenvalue weighted by Crippen LogP contribution is -2.50. The highest BCUT2D eigenvalue weighted by molar-refractivity contribution is 6.07. The first kappa shape index (κ1) is 20.0. The van der Waals surface area contributed by atoms with Crippen molar-refractivity contribution < 1.29 is 19.1 Å². The summed E-state index contributed by atoms with van der Waals surface area (Å²) in [6.07, 6.45) is 5.40. The molecule has 3 aliphatic rings. The lowest BCUT2D eigenvalue weighted by molar-refractivity contribution is -0.134. The summed E-state index contributed by atoms with van der Waals surface area (Å²) in [6.45, 7) is 3.36. The molecule has 29 heavy (non-hydrogen) atoms. The third kappa shape index (κ3) is 3.56. The number of nitrogens with zero attached hydrogens (tertiary/aromatic N) is 2. The molecule has 0 radical (unpaired) electrons. The molecule has 2 heterocycles. The van der Waals surface area contributed by atoms with Crippen molar-refractivity contribution in [3.63, 3.8) is 0 Å². The zero-order valence-electron chi connectivity index (χ0n) is 17.6. The van der Waals surface area contributed by atoms with Gasteiger partial charge in [0.1, 0.15) is 17.0 Å². The molecule has 1 spiro atoms. The van der Waals surface area contributed by atoms with Crippen molar-refractivity contribution in [2.24, 2.45) is 5.92 Å². The molecule has 0 aromatic heterocycles. The van der Waals surface area contributed by atoms with Gasteiger partial charge < -0.3 is 14.8 Å². The van der Waals surface area contributed by atoms with E-state index >= 15 is 0 Å². The second kappa shape index (κ2) is 7.86. The molecule has 1 atom stereocenters. The standard InChI is InChI=1S/C22H31N3O4/c1-15-8-10-22(11-9-15)20(26)25(21(27)23-22)14-24-12-4-5-18(24)17-13-16(28-2)6-7-19(17)29-3/h6-7,13,15,18H,4-5,8-12,14H2,1-3H3,(H,23,27)/t15?,18-,22?/m0/s1. The Morgan fingerprint density at radius 2 is 1.90 bits per heavy atom. The Bertz CT molecular complexity index is 788. The highest BCUT2D eigenvalue weighted by Crippen LogP contribution is 2.40. The third-order valence-corrected chi connectivity index (χ3v) is 6.86. The fraction of sp³-hybridized carbons (Fsp3) is 0.636. The number of hydrogen-bond acceptors (Lipinski definition) is 5. The summed E-state index contributed by atoms with van der Waals surface area (Å²) in [7, 11) is 3.31. The van der Waals surface area contributed by atoms with Gasteiger partial charge in [-0.05, 0) is 62.6 Å². The number of carbonyl (C=O) groups is 2. The number of imide groups is 1.